The molecule has 10 heteroatoms. The van der Waals surface area contributed by atoms with Gasteiger partial charge in [0.15, 0.2) is 0 Å². The Morgan fingerprint density at radius 3 is 2.17 bits per heavy atom. The summed E-state index contributed by atoms with van der Waals surface area (Å²) >= 11 is 0. The minimum atomic E-state index is -5.93. The second-order valence-electron chi connectivity index (χ2n) is 3.00. The van der Waals surface area contributed by atoms with Gasteiger partial charge in [-0.05, 0) is 12.1 Å². The van der Waals surface area contributed by atoms with Crippen molar-refractivity contribution in [3.63, 3.8) is 0 Å². The Kier molecular flexibility index (Phi) is 3.60. The monoisotopic (exact) mass is 289 g/mol. The molecule has 1 N–H and O–H groups in total. The molecule has 1 amide bonds. The van der Waals surface area contributed by atoms with E-state index in [1.807, 2.05) is 0 Å². The maximum absolute atomic E-state index is 13.0. The normalized spacial score (nSPS) is 12.3. The summed E-state index contributed by atoms with van der Waals surface area (Å²) in [6, 6.07) is 1.35. The molecule has 0 bridgehead atoms. The highest BCUT2D eigenvalue weighted by molar-refractivity contribution is 7.90. The Morgan fingerprint density at radius 2 is 1.72 bits per heavy atom. The lowest BCUT2D eigenvalue weighted by molar-refractivity contribution is -0.0446. The van der Waals surface area contributed by atoms with Crippen LogP contribution < -0.4 is 4.72 Å². The standard InChI is InChI=1S/C8H4F5NO3S/c9-4-1-2-5(6(10)3-4)7(15)14-18(16,17)8(11,12)13/h1-3H,(H,14,15). The molecule has 0 aromatic heterocycles. The number of sulfonamides is 1. The summed E-state index contributed by atoms with van der Waals surface area (Å²) in [4.78, 5) is 11.1. The first-order valence-electron chi connectivity index (χ1n) is 4.13. The van der Waals surface area contributed by atoms with Crippen LogP contribution in [0.4, 0.5) is 22.0 Å². The van der Waals surface area contributed by atoms with Crippen LogP contribution in [0.3, 0.4) is 0 Å². The zero-order valence-electron chi connectivity index (χ0n) is 8.25. The first-order valence-corrected chi connectivity index (χ1v) is 5.61. The van der Waals surface area contributed by atoms with Gasteiger partial charge in [-0.3, -0.25) is 4.79 Å². The van der Waals surface area contributed by atoms with E-state index in [9.17, 15) is 35.2 Å². The van der Waals surface area contributed by atoms with Gasteiger partial charge >= 0.3 is 15.5 Å². The van der Waals surface area contributed by atoms with Crippen molar-refractivity contribution in [2.75, 3.05) is 0 Å². The number of hydrogen-bond acceptors (Lipinski definition) is 3. The van der Waals surface area contributed by atoms with Crippen molar-refractivity contribution in [1.29, 1.82) is 0 Å². The number of benzene rings is 1. The van der Waals surface area contributed by atoms with Crippen LogP contribution in [-0.4, -0.2) is 19.8 Å². The quantitative estimate of drug-likeness (QED) is 0.840. The van der Waals surface area contributed by atoms with E-state index in [-0.39, 0.29) is 6.07 Å². The summed E-state index contributed by atoms with van der Waals surface area (Å²) in [7, 11) is -5.93. The van der Waals surface area contributed by atoms with Gasteiger partial charge in [0.2, 0.25) is 0 Å². The maximum Gasteiger partial charge on any atom is 0.516 e. The van der Waals surface area contributed by atoms with Gasteiger partial charge in [0.25, 0.3) is 5.91 Å². The van der Waals surface area contributed by atoms with E-state index in [2.05, 4.69) is 0 Å². The molecule has 0 fully saturated rings. The van der Waals surface area contributed by atoms with Gasteiger partial charge in [-0.2, -0.15) is 21.6 Å². The first-order chi connectivity index (χ1) is 8.04. The van der Waals surface area contributed by atoms with Gasteiger partial charge in [0.1, 0.15) is 11.6 Å². The second-order valence-corrected chi connectivity index (χ2v) is 4.68. The second kappa shape index (κ2) is 4.52. The number of halogens is 5. The van der Waals surface area contributed by atoms with Gasteiger partial charge in [-0.25, -0.2) is 13.5 Å². The highest BCUT2D eigenvalue weighted by Crippen LogP contribution is 2.22. The van der Waals surface area contributed by atoms with Crippen LogP contribution in [0.1, 0.15) is 10.4 Å². The fourth-order valence-corrected chi connectivity index (χ4v) is 1.38. The predicted molar refractivity (Wildman–Crippen MR) is 48.8 cm³/mol. The molecule has 0 spiro atoms. The van der Waals surface area contributed by atoms with Crippen molar-refractivity contribution in [1.82, 2.24) is 4.72 Å². The van der Waals surface area contributed by atoms with Crippen molar-refractivity contribution in [3.8, 4) is 0 Å². The van der Waals surface area contributed by atoms with E-state index in [4.69, 9.17) is 0 Å². The summed E-state index contributed by atoms with van der Waals surface area (Å²) in [6.07, 6.45) is 0. The topological polar surface area (TPSA) is 63.2 Å². The lowest BCUT2D eigenvalue weighted by Crippen LogP contribution is -2.40. The number of carbonyl (C=O) groups is 1. The van der Waals surface area contributed by atoms with Crippen molar-refractivity contribution in [2.45, 2.75) is 5.51 Å². The van der Waals surface area contributed by atoms with Gasteiger partial charge < -0.3 is 0 Å². The van der Waals surface area contributed by atoms with Gasteiger partial charge in [-0.15, -0.1) is 0 Å². The van der Waals surface area contributed by atoms with Crippen LogP contribution in [0.5, 0.6) is 0 Å². The smallest absolute Gasteiger partial charge is 0.268 e. The van der Waals surface area contributed by atoms with Gasteiger partial charge in [0.05, 0.1) is 5.56 Å². The minimum absolute atomic E-state index is 0.231. The number of amides is 1. The van der Waals surface area contributed by atoms with Gasteiger partial charge in [0, 0.05) is 6.07 Å². The predicted octanol–water partition coefficient (Wildman–Crippen LogP) is 1.54. The summed E-state index contributed by atoms with van der Waals surface area (Å²) in [5.74, 6) is -4.39. The molecule has 0 aliphatic carbocycles. The average molecular weight is 289 g/mol. The van der Waals surface area contributed by atoms with E-state index in [1.54, 1.807) is 0 Å². The Morgan fingerprint density at radius 1 is 1.17 bits per heavy atom. The van der Waals surface area contributed by atoms with Crippen molar-refractivity contribution in [3.05, 3.63) is 35.4 Å². The molecule has 100 valence electrons. The van der Waals surface area contributed by atoms with E-state index < -0.39 is 38.6 Å². The van der Waals surface area contributed by atoms with Crippen molar-refractivity contribution in [2.24, 2.45) is 0 Å². The molecular weight excluding hydrogens is 285 g/mol. The molecule has 0 unspecified atom stereocenters. The van der Waals surface area contributed by atoms with Gasteiger partial charge in [-0.1, -0.05) is 0 Å². The summed E-state index contributed by atoms with van der Waals surface area (Å²) in [5.41, 5.74) is -6.73. The summed E-state index contributed by atoms with van der Waals surface area (Å²) in [5, 5.41) is 0. The van der Waals surface area contributed by atoms with Crippen LogP contribution in [-0.2, 0) is 10.0 Å². The molecule has 0 aliphatic heterocycles. The molecule has 0 atom stereocenters. The number of rotatable bonds is 2. The van der Waals surface area contributed by atoms with E-state index in [0.29, 0.717) is 16.9 Å². The molecule has 0 aliphatic rings. The Balaban J connectivity index is 3.04. The summed E-state index contributed by atoms with van der Waals surface area (Å²) in [6.45, 7) is 0. The molecule has 0 heterocycles. The molecule has 0 saturated carbocycles. The molecule has 18 heavy (non-hydrogen) atoms. The molecule has 0 saturated heterocycles. The SMILES string of the molecule is O=C(NS(=O)(=O)C(F)(F)F)c1ccc(F)cc1F. The number of alkyl halides is 3. The van der Waals surface area contributed by atoms with Crippen molar-refractivity contribution < 1.29 is 35.2 Å². The molecule has 1 aromatic carbocycles. The third-order valence-electron chi connectivity index (χ3n) is 1.71. The lowest BCUT2D eigenvalue weighted by atomic mass is 10.2. The first kappa shape index (κ1) is 14.4. The third kappa shape index (κ3) is 2.94. The van der Waals surface area contributed by atoms with Crippen LogP contribution in [0.25, 0.3) is 0 Å². The maximum atomic E-state index is 13.0. The average Bonchev–Trinajstić information content (AvgIpc) is 2.14. The molecule has 1 aromatic rings. The highest BCUT2D eigenvalue weighted by atomic mass is 32.2. The molecular formula is C8H4F5NO3S. The molecule has 4 nitrogen and oxygen atoms in total. The van der Waals surface area contributed by atoms with Crippen LogP contribution in [0.15, 0.2) is 18.2 Å². The Bertz CT molecular complexity index is 581. The molecule has 1 rings (SSSR count). The van der Waals surface area contributed by atoms with Crippen LogP contribution >= 0.6 is 0 Å². The Hall–Kier alpha value is -1.71. The van der Waals surface area contributed by atoms with Crippen molar-refractivity contribution >= 4 is 15.9 Å². The number of nitrogens with one attached hydrogen (secondary N) is 1. The minimum Gasteiger partial charge on any atom is -0.268 e. The summed E-state index contributed by atoms with van der Waals surface area (Å²) < 4.78 is 83.0. The van der Waals surface area contributed by atoms with Crippen LogP contribution in [0, 0.1) is 11.6 Å². The van der Waals surface area contributed by atoms with E-state index in [1.165, 1.54) is 0 Å². The van der Waals surface area contributed by atoms with E-state index >= 15 is 0 Å². The molecule has 0 radical (unpaired) electrons. The van der Waals surface area contributed by atoms with Crippen LogP contribution in [0.2, 0.25) is 0 Å². The number of hydrogen-bond donors (Lipinski definition) is 1. The fraction of sp³-hybridized carbons (Fsp3) is 0.125. The third-order valence-corrected chi connectivity index (χ3v) is 2.77. The fourth-order valence-electron chi connectivity index (χ4n) is 0.909. The lowest BCUT2D eigenvalue weighted by Gasteiger charge is -2.09. The zero-order chi connectivity index (χ0) is 14.1. The largest absolute Gasteiger partial charge is 0.516 e. The highest BCUT2D eigenvalue weighted by Gasteiger charge is 2.47. The van der Waals surface area contributed by atoms with E-state index in [0.717, 1.165) is 0 Å². The zero-order valence-corrected chi connectivity index (χ0v) is 9.07. The number of carbonyl (C=O) groups excluding carboxylic acids is 1. The Labute approximate surface area is 97.5 Å².